The Bertz CT molecular complexity index is 394. The van der Waals surface area contributed by atoms with Gasteiger partial charge in [-0.3, -0.25) is 4.90 Å². The maximum Gasteiger partial charge on any atom is 0.0594 e. The largest absolute Gasteiger partial charge is 0.379 e. The van der Waals surface area contributed by atoms with Gasteiger partial charge in [0.1, 0.15) is 0 Å². The molecule has 0 radical (unpaired) electrons. The number of nitrogens with zero attached hydrogens (tertiary/aromatic N) is 2. The zero-order valence-corrected chi connectivity index (χ0v) is 12.5. The summed E-state index contributed by atoms with van der Waals surface area (Å²) in [6.07, 6.45) is 0. The number of aryl methyl sites for hydroxylation is 1. The molecule has 1 aromatic rings. The van der Waals surface area contributed by atoms with Crippen LogP contribution in [0.15, 0.2) is 6.07 Å². The number of rotatable bonds is 6. The van der Waals surface area contributed by atoms with Crippen LogP contribution in [0, 0.1) is 13.8 Å². The molecule has 1 fully saturated rings. The maximum absolute atomic E-state index is 5.35. The van der Waals surface area contributed by atoms with Gasteiger partial charge in [0.2, 0.25) is 0 Å². The van der Waals surface area contributed by atoms with Crippen LogP contribution in [0.5, 0.6) is 0 Å². The molecule has 19 heavy (non-hydrogen) atoms. The normalized spacial score (nSPS) is 17.0. The van der Waals surface area contributed by atoms with E-state index in [9.17, 15) is 0 Å². The smallest absolute Gasteiger partial charge is 0.0594 e. The van der Waals surface area contributed by atoms with Gasteiger partial charge in [-0.2, -0.15) is 0 Å². The minimum absolute atomic E-state index is 0.887. The summed E-state index contributed by atoms with van der Waals surface area (Å²) in [6, 6.07) is 2.31. The van der Waals surface area contributed by atoms with Crippen molar-refractivity contribution < 1.29 is 4.74 Å². The lowest BCUT2D eigenvalue weighted by molar-refractivity contribution is 0.0384. The Morgan fingerprint density at radius 2 is 2.00 bits per heavy atom. The quantitative estimate of drug-likeness (QED) is 0.791. The lowest BCUT2D eigenvalue weighted by Crippen LogP contribution is -2.40. The predicted molar refractivity (Wildman–Crippen MR) is 78.5 cm³/mol. The molecule has 0 amide bonds. The van der Waals surface area contributed by atoms with Gasteiger partial charge in [0.25, 0.3) is 0 Å². The van der Waals surface area contributed by atoms with Crippen LogP contribution in [-0.4, -0.2) is 48.9 Å². The van der Waals surface area contributed by atoms with Crippen LogP contribution in [0.2, 0.25) is 0 Å². The zero-order chi connectivity index (χ0) is 13.7. The molecule has 108 valence electrons. The van der Waals surface area contributed by atoms with Crippen LogP contribution < -0.4 is 5.32 Å². The lowest BCUT2D eigenvalue weighted by atomic mass is 10.2. The molecular weight excluding hydrogens is 238 g/mol. The summed E-state index contributed by atoms with van der Waals surface area (Å²) in [6.45, 7) is 14.7. The second-order valence-corrected chi connectivity index (χ2v) is 5.27. The third kappa shape index (κ3) is 3.81. The Hall–Kier alpha value is -0.840. The van der Waals surface area contributed by atoms with Crippen molar-refractivity contribution in [1.29, 1.82) is 0 Å². The molecule has 0 bridgehead atoms. The van der Waals surface area contributed by atoms with Crippen molar-refractivity contribution in [2.75, 3.05) is 39.4 Å². The number of aromatic nitrogens is 1. The van der Waals surface area contributed by atoms with Gasteiger partial charge >= 0.3 is 0 Å². The number of ether oxygens (including phenoxy) is 1. The van der Waals surface area contributed by atoms with E-state index in [1.165, 1.54) is 17.0 Å². The SMILES string of the molecule is CCn1c(C)cc(CNCCN2CCOCC2)c1C. The number of morpholine rings is 1. The van der Waals surface area contributed by atoms with Crippen molar-refractivity contribution in [2.45, 2.75) is 33.9 Å². The summed E-state index contributed by atoms with van der Waals surface area (Å²) < 4.78 is 7.73. The predicted octanol–water partition coefficient (Wildman–Crippen LogP) is 1.55. The standard InChI is InChI=1S/C15H27N3O/c1-4-18-13(2)11-15(14(18)3)12-16-5-6-17-7-9-19-10-8-17/h11,16H,4-10,12H2,1-3H3. The molecule has 0 saturated carbocycles. The van der Waals surface area contributed by atoms with Gasteiger partial charge in [-0.05, 0) is 32.4 Å². The van der Waals surface area contributed by atoms with Crippen LogP contribution in [0.3, 0.4) is 0 Å². The highest BCUT2D eigenvalue weighted by atomic mass is 16.5. The van der Waals surface area contributed by atoms with Crippen molar-refractivity contribution >= 4 is 0 Å². The van der Waals surface area contributed by atoms with Gasteiger partial charge in [0, 0.05) is 50.7 Å². The Kier molecular flexibility index (Phi) is 5.43. The van der Waals surface area contributed by atoms with E-state index in [0.29, 0.717) is 0 Å². The van der Waals surface area contributed by atoms with E-state index >= 15 is 0 Å². The summed E-state index contributed by atoms with van der Waals surface area (Å²) in [5, 5.41) is 3.56. The molecule has 2 heterocycles. The minimum atomic E-state index is 0.887. The Morgan fingerprint density at radius 1 is 1.26 bits per heavy atom. The fourth-order valence-corrected chi connectivity index (χ4v) is 2.82. The van der Waals surface area contributed by atoms with E-state index in [4.69, 9.17) is 4.74 Å². The summed E-state index contributed by atoms with van der Waals surface area (Å²) in [7, 11) is 0. The van der Waals surface area contributed by atoms with Crippen LogP contribution in [0.1, 0.15) is 23.9 Å². The van der Waals surface area contributed by atoms with Crippen molar-refractivity contribution in [3.8, 4) is 0 Å². The van der Waals surface area contributed by atoms with Crippen molar-refractivity contribution in [3.05, 3.63) is 23.0 Å². The lowest BCUT2D eigenvalue weighted by Gasteiger charge is -2.26. The molecule has 0 unspecified atom stereocenters. The maximum atomic E-state index is 5.35. The molecule has 1 aliphatic heterocycles. The highest BCUT2D eigenvalue weighted by Crippen LogP contribution is 2.14. The Labute approximate surface area is 116 Å². The minimum Gasteiger partial charge on any atom is -0.379 e. The second kappa shape index (κ2) is 7.08. The zero-order valence-electron chi connectivity index (χ0n) is 12.5. The molecule has 4 heteroatoms. The van der Waals surface area contributed by atoms with Crippen LogP contribution in [-0.2, 0) is 17.8 Å². The first-order chi connectivity index (χ1) is 9.22. The fourth-order valence-electron chi connectivity index (χ4n) is 2.82. The van der Waals surface area contributed by atoms with E-state index < -0.39 is 0 Å². The first kappa shape index (κ1) is 14.6. The number of hydrogen-bond donors (Lipinski definition) is 1. The molecule has 1 aromatic heterocycles. The van der Waals surface area contributed by atoms with Crippen LogP contribution >= 0.6 is 0 Å². The van der Waals surface area contributed by atoms with Gasteiger partial charge in [-0.15, -0.1) is 0 Å². The second-order valence-electron chi connectivity index (χ2n) is 5.27. The van der Waals surface area contributed by atoms with E-state index in [1.54, 1.807) is 0 Å². The highest BCUT2D eigenvalue weighted by molar-refractivity contribution is 5.26. The Balaban J connectivity index is 1.73. The monoisotopic (exact) mass is 265 g/mol. The van der Waals surface area contributed by atoms with Gasteiger partial charge in [-0.25, -0.2) is 0 Å². The highest BCUT2D eigenvalue weighted by Gasteiger charge is 2.10. The molecule has 0 aromatic carbocycles. The van der Waals surface area contributed by atoms with E-state index in [0.717, 1.165) is 52.5 Å². The van der Waals surface area contributed by atoms with Crippen molar-refractivity contribution in [1.82, 2.24) is 14.8 Å². The molecule has 1 N–H and O–H groups in total. The first-order valence-corrected chi connectivity index (χ1v) is 7.38. The summed E-state index contributed by atoms with van der Waals surface area (Å²) >= 11 is 0. The first-order valence-electron chi connectivity index (χ1n) is 7.38. The molecule has 1 aliphatic rings. The number of hydrogen-bond acceptors (Lipinski definition) is 3. The van der Waals surface area contributed by atoms with Gasteiger partial charge in [0.15, 0.2) is 0 Å². The molecule has 0 atom stereocenters. The van der Waals surface area contributed by atoms with E-state index in [1.807, 2.05) is 0 Å². The molecule has 1 saturated heterocycles. The molecule has 4 nitrogen and oxygen atoms in total. The third-order valence-electron chi connectivity index (χ3n) is 4.02. The van der Waals surface area contributed by atoms with Crippen molar-refractivity contribution in [3.63, 3.8) is 0 Å². The Morgan fingerprint density at radius 3 is 2.63 bits per heavy atom. The molecule has 0 aliphatic carbocycles. The molecule has 0 spiro atoms. The fraction of sp³-hybridized carbons (Fsp3) is 0.733. The summed E-state index contributed by atoms with van der Waals surface area (Å²) in [5.74, 6) is 0. The summed E-state index contributed by atoms with van der Waals surface area (Å²) in [5.41, 5.74) is 4.20. The summed E-state index contributed by atoms with van der Waals surface area (Å²) in [4.78, 5) is 2.46. The topological polar surface area (TPSA) is 29.4 Å². The average molecular weight is 265 g/mol. The van der Waals surface area contributed by atoms with Crippen LogP contribution in [0.4, 0.5) is 0 Å². The van der Waals surface area contributed by atoms with Gasteiger partial charge in [0.05, 0.1) is 13.2 Å². The number of nitrogens with one attached hydrogen (secondary N) is 1. The van der Waals surface area contributed by atoms with Crippen LogP contribution in [0.25, 0.3) is 0 Å². The average Bonchev–Trinajstić information content (AvgIpc) is 2.70. The van der Waals surface area contributed by atoms with Gasteiger partial charge < -0.3 is 14.6 Å². The van der Waals surface area contributed by atoms with Crippen molar-refractivity contribution in [2.24, 2.45) is 0 Å². The van der Waals surface area contributed by atoms with E-state index in [-0.39, 0.29) is 0 Å². The molecular formula is C15H27N3O. The third-order valence-corrected chi connectivity index (χ3v) is 4.02. The van der Waals surface area contributed by atoms with E-state index in [2.05, 4.69) is 41.6 Å². The van der Waals surface area contributed by atoms with Gasteiger partial charge in [-0.1, -0.05) is 0 Å². The molecule has 2 rings (SSSR count).